The van der Waals surface area contributed by atoms with Crippen LogP contribution in [0.1, 0.15) is 33.7 Å². The van der Waals surface area contributed by atoms with E-state index >= 15 is 0 Å². The highest BCUT2D eigenvalue weighted by Gasteiger charge is 2.14. The van der Waals surface area contributed by atoms with Crippen LogP contribution in [0.3, 0.4) is 0 Å². The van der Waals surface area contributed by atoms with Gasteiger partial charge in [0.15, 0.2) is 0 Å². The van der Waals surface area contributed by atoms with E-state index < -0.39 is 5.91 Å². The summed E-state index contributed by atoms with van der Waals surface area (Å²) >= 11 is 6.12. The molecule has 3 aromatic rings. The molecule has 1 fully saturated rings. The minimum Gasteiger partial charge on any atom is -0.497 e. The number of aromatic nitrogens is 3. The second-order valence-electron chi connectivity index (χ2n) is 7.96. The smallest absolute Gasteiger partial charge is 0.269 e. The van der Waals surface area contributed by atoms with Crippen molar-refractivity contribution in [3.8, 4) is 5.75 Å². The first-order chi connectivity index (χ1) is 17.0. The molecule has 2 amide bonds. The van der Waals surface area contributed by atoms with Gasteiger partial charge >= 0.3 is 0 Å². The molecule has 11 heteroatoms. The summed E-state index contributed by atoms with van der Waals surface area (Å²) in [6.07, 6.45) is 6.93. The lowest BCUT2D eigenvalue weighted by atomic mass is 10.2. The number of anilines is 3. The molecule has 0 unspecified atom stereocenters. The molecule has 0 spiro atoms. The van der Waals surface area contributed by atoms with E-state index in [0.717, 1.165) is 19.6 Å². The number of nitrogens with zero attached hydrogens (tertiary/aromatic N) is 4. The lowest BCUT2D eigenvalue weighted by Crippen LogP contribution is -2.33. The number of ether oxygens (including phenoxy) is 1. The minimum atomic E-state index is -0.406. The summed E-state index contributed by atoms with van der Waals surface area (Å²) in [5.41, 5.74) is 1.64. The number of carbonyl (C=O) groups excluding carboxylic acids is 2. The highest BCUT2D eigenvalue weighted by molar-refractivity contribution is 6.34. The Kier molecular flexibility index (Phi) is 8.07. The Morgan fingerprint density at radius 3 is 2.43 bits per heavy atom. The molecule has 0 bridgehead atoms. The topological polar surface area (TPSA) is 121 Å². The molecule has 3 N–H and O–H groups in total. The molecule has 0 radical (unpaired) electrons. The molecule has 4 rings (SSSR count). The van der Waals surface area contributed by atoms with Gasteiger partial charge < -0.3 is 25.6 Å². The van der Waals surface area contributed by atoms with Crippen LogP contribution in [0.25, 0.3) is 0 Å². The van der Waals surface area contributed by atoms with Crippen LogP contribution in [0.5, 0.6) is 5.75 Å². The quantitative estimate of drug-likeness (QED) is 0.413. The predicted molar refractivity (Wildman–Crippen MR) is 134 cm³/mol. The number of amides is 2. The van der Waals surface area contributed by atoms with Crippen molar-refractivity contribution >= 4 is 40.7 Å². The largest absolute Gasteiger partial charge is 0.497 e. The molecule has 0 atom stereocenters. The number of pyridine rings is 1. The van der Waals surface area contributed by atoms with E-state index in [2.05, 4.69) is 35.8 Å². The van der Waals surface area contributed by atoms with Crippen LogP contribution in [-0.2, 0) is 0 Å². The Labute approximate surface area is 208 Å². The Bertz CT molecular complexity index is 1170. The third-order valence-electron chi connectivity index (χ3n) is 5.49. The van der Waals surface area contributed by atoms with Crippen LogP contribution in [0.15, 0.2) is 48.9 Å². The van der Waals surface area contributed by atoms with E-state index in [9.17, 15) is 9.59 Å². The van der Waals surface area contributed by atoms with Crippen LogP contribution < -0.4 is 20.7 Å². The predicted octanol–water partition coefficient (Wildman–Crippen LogP) is 3.36. The molecule has 3 heterocycles. The summed E-state index contributed by atoms with van der Waals surface area (Å²) in [6, 6.07) is 8.19. The van der Waals surface area contributed by atoms with Gasteiger partial charge in [-0.05, 0) is 56.3 Å². The molecular formula is C24H26ClN7O3. The van der Waals surface area contributed by atoms with Crippen molar-refractivity contribution in [1.82, 2.24) is 25.2 Å². The Hall–Kier alpha value is -3.76. The van der Waals surface area contributed by atoms with Gasteiger partial charge in [-0.25, -0.2) is 15.0 Å². The van der Waals surface area contributed by atoms with Crippen molar-refractivity contribution in [2.45, 2.75) is 12.8 Å². The molecule has 35 heavy (non-hydrogen) atoms. The maximum atomic E-state index is 12.5. The normalized spacial score (nSPS) is 13.3. The molecule has 1 aromatic carbocycles. The van der Waals surface area contributed by atoms with E-state index in [1.807, 2.05) is 0 Å². The number of likely N-dealkylation sites (tertiary alicyclic amines) is 1. The molecule has 182 valence electrons. The number of hydrogen-bond donors (Lipinski definition) is 3. The summed E-state index contributed by atoms with van der Waals surface area (Å²) < 4.78 is 5.14. The van der Waals surface area contributed by atoms with Crippen LogP contribution in [-0.4, -0.2) is 65.0 Å². The zero-order valence-electron chi connectivity index (χ0n) is 19.3. The first-order valence-corrected chi connectivity index (χ1v) is 11.6. The van der Waals surface area contributed by atoms with E-state index in [1.54, 1.807) is 36.5 Å². The summed E-state index contributed by atoms with van der Waals surface area (Å²) in [4.78, 5) is 39.8. The third kappa shape index (κ3) is 6.65. The molecule has 0 aliphatic carbocycles. The van der Waals surface area contributed by atoms with Crippen LogP contribution in [0.4, 0.5) is 17.3 Å². The summed E-state index contributed by atoms with van der Waals surface area (Å²) in [5.74, 6) is 0.224. The van der Waals surface area contributed by atoms with Crippen molar-refractivity contribution in [2.24, 2.45) is 0 Å². The Morgan fingerprint density at radius 2 is 1.74 bits per heavy atom. The first kappa shape index (κ1) is 24.4. The average molecular weight is 496 g/mol. The number of nitrogens with one attached hydrogen (secondary N) is 3. The number of benzene rings is 1. The minimum absolute atomic E-state index is 0.205. The highest BCUT2D eigenvalue weighted by Crippen LogP contribution is 2.23. The Morgan fingerprint density at radius 1 is 1.00 bits per heavy atom. The van der Waals surface area contributed by atoms with Gasteiger partial charge in [-0.15, -0.1) is 0 Å². The summed E-state index contributed by atoms with van der Waals surface area (Å²) in [7, 11) is 1.51. The number of hydrogen-bond acceptors (Lipinski definition) is 8. The van der Waals surface area contributed by atoms with E-state index in [0.29, 0.717) is 40.3 Å². The monoisotopic (exact) mass is 495 g/mol. The van der Waals surface area contributed by atoms with Crippen molar-refractivity contribution < 1.29 is 14.3 Å². The van der Waals surface area contributed by atoms with Crippen molar-refractivity contribution in [3.05, 3.63) is 65.2 Å². The first-order valence-electron chi connectivity index (χ1n) is 11.2. The van der Waals surface area contributed by atoms with Gasteiger partial charge in [0.1, 0.15) is 11.4 Å². The van der Waals surface area contributed by atoms with Gasteiger partial charge in [0.25, 0.3) is 11.8 Å². The molecule has 1 aliphatic rings. The van der Waals surface area contributed by atoms with Crippen molar-refractivity contribution in [2.75, 3.05) is 43.9 Å². The van der Waals surface area contributed by atoms with E-state index in [-0.39, 0.29) is 11.5 Å². The van der Waals surface area contributed by atoms with Gasteiger partial charge in [0, 0.05) is 13.1 Å². The van der Waals surface area contributed by atoms with Gasteiger partial charge in [-0.1, -0.05) is 11.6 Å². The summed E-state index contributed by atoms with van der Waals surface area (Å²) in [5, 5.41) is 8.92. The second kappa shape index (κ2) is 11.6. The fourth-order valence-corrected chi connectivity index (χ4v) is 3.82. The molecule has 10 nitrogen and oxygen atoms in total. The van der Waals surface area contributed by atoms with Crippen LogP contribution in [0.2, 0.25) is 5.02 Å². The number of halogens is 1. The van der Waals surface area contributed by atoms with Gasteiger partial charge in [-0.3, -0.25) is 9.59 Å². The molecular weight excluding hydrogens is 470 g/mol. The van der Waals surface area contributed by atoms with Crippen molar-refractivity contribution in [3.63, 3.8) is 0 Å². The standard InChI is InChI=1S/C24H26ClN7O3/c1-35-18-5-6-20(25)19(12-18)22(33)30-17-14-28-24(29-15-17)31-16-4-7-21(27-13-16)23(34)26-8-11-32-9-2-3-10-32/h4-7,12-15H,2-3,8-11H2,1H3,(H,26,34)(H,30,33)(H,28,29,31). The molecule has 1 saturated heterocycles. The zero-order valence-corrected chi connectivity index (χ0v) is 20.0. The Balaban J connectivity index is 1.29. The number of carbonyl (C=O) groups is 2. The van der Waals surface area contributed by atoms with Gasteiger partial charge in [0.2, 0.25) is 5.95 Å². The second-order valence-corrected chi connectivity index (χ2v) is 8.36. The number of methoxy groups -OCH3 is 1. The van der Waals surface area contributed by atoms with Gasteiger partial charge in [-0.2, -0.15) is 0 Å². The van der Waals surface area contributed by atoms with E-state index in [4.69, 9.17) is 16.3 Å². The van der Waals surface area contributed by atoms with Crippen LogP contribution in [0, 0.1) is 0 Å². The lowest BCUT2D eigenvalue weighted by Gasteiger charge is -2.14. The average Bonchev–Trinajstić information content (AvgIpc) is 3.39. The van der Waals surface area contributed by atoms with Crippen molar-refractivity contribution in [1.29, 1.82) is 0 Å². The van der Waals surface area contributed by atoms with Crippen LogP contribution >= 0.6 is 11.6 Å². The van der Waals surface area contributed by atoms with Gasteiger partial charge in [0.05, 0.1) is 47.7 Å². The summed E-state index contributed by atoms with van der Waals surface area (Å²) in [6.45, 7) is 3.65. The fourth-order valence-electron chi connectivity index (χ4n) is 3.62. The third-order valence-corrected chi connectivity index (χ3v) is 5.82. The zero-order chi connectivity index (χ0) is 24.6. The molecule has 0 saturated carbocycles. The number of rotatable bonds is 9. The highest BCUT2D eigenvalue weighted by atomic mass is 35.5. The SMILES string of the molecule is COc1ccc(Cl)c(C(=O)Nc2cnc(Nc3ccc(C(=O)NCCN4CCCC4)nc3)nc2)c1. The fraction of sp³-hybridized carbons (Fsp3) is 0.292. The maximum absolute atomic E-state index is 12.5. The molecule has 2 aromatic heterocycles. The van der Waals surface area contributed by atoms with E-state index in [1.165, 1.54) is 32.3 Å². The maximum Gasteiger partial charge on any atom is 0.269 e. The lowest BCUT2D eigenvalue weighted by molar-refractivity contribution is 0.0944. The molecule has 1 aliphatic heterocycles.